The van der Waals surface area contributed by atoms with Gasteiger partial charge in [0.1, 0.15) is 11.6 Å². The van der Waals surface area contributed by atoms with Gasteiger partial charge in [-0.3, -0.25) is 9.59 Å². The van der Waals surface area contributed by atoms with E-state index in [-0.39, 0.29) is 96.2 Å². The maximum Gasteiger partial charge on any atom is 0.239 e. The van der Waals surface area contributed by atoms with Gasteiger partial charge in [0, 0.05) is 97.4 Å². The van der Waals surface area contributed by atoms with E-state index in [1.165, 1.54) is 62.6 Å². The number of allylic oxidation sites excluding steroid dienone is 2. The van der Waals surface area contributed by atoms with Gasteiger partial charge in [-0.1, -0.05) is 40.5 Å². The maximum absolute atomic E-state index is 13.5. The van der Waals surface area contributed by atoms with Gasteiger partial charge >= 0.3 is 0 Å². The van der Waals surface area contributed by atoms with Gasteiger partial charge in [0.15, 0.2) is 11.6 Å². The minimum Gasteiger partial charge on any atom is -0.395 e. The largest absolute Gasteiger partial charge is 0.395 e. The smallest absolute Gasteiger partial charge is 0.239 e. The Morgan fingerprint density at radius 2 is 0.984 bits per heavy atom. The van der Waals surface area contributed by atoms with Crippen molar-refractivity contribution < 1.29 is 82.4 Å². The number of rotatable bonds is 18. The van der Waals surface area contributed by atoms with E-state index < -0.39 is 37.8 Å². The molecule has 4 rings (SSSR count). The molecule has 2 heterocycles. The van der Waals surface area contributed by atoms with Crippen molar-refractivity contribution in [3.63, 3.8) is 0 Å². The van der Waals surface area contributed by atoms with Gasteiger partial charge in [-0.15, -0.1) is 0 Å². The predicted octanol–water partition coefficient (Wildman–Crippen LogP) is 7.99. The number of nitrogens with zero attached hydrogens (tertiary/aromatic N) is 6. The zero-order chi connectivity index (χ0) is 46.7. The molecule has 4 aromatic rings. The van der Waals surface area contributed by atoms with Crippen LogP contribution in [0.5, 0.6) is 0 Å². The molecule has 0 bridgehead atoms. The number of benzene rings is 2. The summed E-state index contributed by atoms with van der Waals surface area (Å²) in [5.41, 5.74) is 4.17. The van der Waals surface area contributed by atoms with Crippen molar-refractivity contribution >= 4 is 55.7 Å². The number of ketones is 2. The van der Waals surface area contributed by atoms with Crippen LogP contribution in [0.3, 0.4) is 0 Å². The fourth-order valence-corrected chi connectivity index (χ4v) is 6.42. The van der Waals surface area contributed by atoms with Crippen LogP contribution in [-0.2, 0) is 71.8 Å². The summed E-state index contributed by atoms with van der Waals surface area (Å²) in [5.74, 6) is -1.23. The van der Waals surface area contributed by atoms with Gasteiger partial charge in [-0.25, -0.2) is 54.2 Å². The second kappa shape index (κ2) is 25.7. The Hall–Kier alpha value is -3.88. The third-order valence-electron chi connectivity index (χ3n) is 9.50. The number of hydrogen-bond donors (Lipinski definition) is 1. The van der Waals surface area contributed by atoms with Gasteiger partial charge in [-0.05, 0) is 84.7 Å². The monoisotopic (exact) mass is 1260 g/mol. The zero-order valence-electron chi connectivity index (χ0n) is 37.4. The maximum atomic E-state index is 13.5. The van der Waals surface area contributed by atoms with E-state index >= 15 is 0 Å². The van der Waals surface area contributed by atoms with Gasteiger partial charge in [-0.2, -0.15) is 12.8 Å². The number of carbonyl (C=O) groups excluding carboxylic acids is 2. The van der Waals surface area contributed by atoms with E-state index in [2.05, 4.69) is 33.8 Å². The predicted molar refractivity (Wildman–Crippen MR) is 242 cm³/mol. The number of aliphatic hydroxyl groups excluding tert-OH is 1. The molecule has 19 heteroatoms. The zero-order valence-corrected chi connectivity index (χ0v) is 44.9. The van der Waals surface area contributed by atoms with E-state index in [1.807, 2.05) is 34.6 Å². The number of sulfonamides is 2. The molecular weight excluding hydrogens is 1210 g/mol. The van der Waals surface area contributed by atoms with Crippen LogP contribution in [-0.4, -0.2) is 86.2 Å². The Labute approximate surface area is 405 Å². The average Bonchev–Trinajstić information content (AvgIpc) is 3.20. The molecule has 0 saturated heterocycles. The average molecular weight is 1260 g/mol. The number of carbonyl (C=O) groups is 2. The number of aliphatic hydroxyl groups is 1. The van der Waals surface area contributed by atoms with Crippen LogP contribution in [0.4, 0.5) is 20.7 Å². The molecule has 0 amide bonds. The first-order chi connectivity index (χ1) is 28.9. The summed E-state index contributed by atoms with van der Waals surface area (Å²) >= 11 is 0. The van der Waals surface area contributed by atoms with Crippen LogP contribution in [0.1, 0.15) is 94.7 Å². The van der Waals surface area contributed by atoms with Crippen LogP contribution < -0.4 is 8.61 Å². The minimum atomic E-state index is -3.62. The van der Waals surface area contributed by atoms with E-state index in [4.69, 9.17) is 0 Å². The molecule has 0 saturated carbocycles. The summed E-state index contributed by atoms with van der Waals surface area (Å²) in [5, 5.41) is 9.66. The molecule has 0 fully saturated rings. The number of anilines is 2. The molecule has 0 radical (unpaired) electrons. The van der Waals surface area contributed by atoms with Gasteiger partial charge in [0.25, 0.3) is 0 Å². The third-order valence-corrected chi connectivity index (χ3v) is 11.8. The fraction of sp³-hybridized carbons (Fsp3) is 0.378. The summed E-state index contributed by atoms with van der Waals surface area (Å²) in [4.78, 5) is 42.4. The Bertz CT molecular complexity index is 2320. The van der Waals surface area contributed by atoms with Gasteiger partial charge in [0.2, 0.25) is 31.9 Å². The molecule has 2 aromatic carbocycles. The van der Waals surface area contributed by atoms with Crippen molar-refractivity contribution in [1.82, 2.24) is 19.9 Å². The standard InChI is InChI=1S/C23H29FN3O3S.C22H27FN3O4S.2W/c1-7-16(4)14-19(28)12-13-20-21(15(2)3)25-23(27(5)31(6,29)30)26-22(20)17-8-10-18(24)11-9-17;1-6-17(27)13-18(28)11-12-19-20(14(2)3)24-22(26(4)31(5,29)30)25-21(19)15-7-9-16(23)10-8-15;;/h8-13,15-16H,1,7,14H2,2-6H3;7-12,14,17,27H,1,6,13H2,2-5H3;;/q2*-1;;/b13-12+;12-11+;;/t16-;17-;;/m00../s1. The van der Waals surface area contributed by atoms with E-state index in [9.17, 15) is 40.3 Å². The van der Waals surface area contributed by atoms with Crippen LogP contribution in [0, 0.1) is 31.4 Å². The molecule has 0 unspecified atom stereocenters. The quantitative estimate of drug-likeness (QED) is 0.0754. The molecule has 2 aromatic heterocycles. The Morgan fingerprint density at radius 1 is 0.641 bits per heavy atom. The molecule has 0 aliphatic heterocycles. The Balaban J connectivity index is 0.000000621. The molecule has 64 heavy (non-hydrogen) atoms. The molecule has 0 aliphatic rings. The first-order valence-corrected chi connectivity index (χ1v) is 23.5. The number of hydrogen-bond acceptors (Lipinski definition) is 11. The molecule has 0 spiro atoms. The minimum absolute atomic E-state index is 0. The Kier molecular flexibility index (Phi) is 23.4. The molecule has 1 N–H and O–H groups in total. The topological polar surface area (TPSA) is 181 Å². The molecule has 0 aliphatic carbocycles. The van der Waals surface area contributed by atoms with Crippen LogP contribution in [0.2, 0.25) is 0 Å². The molecular formula is C45H56F2N6O7S2W2-2. The van der Waals surface area contributed by atoms with Crippen LogP contribution >= 0.6 is 0 Å². The fourth-order valence-electron chi connectivity index (χ4n) is 5.66. The number of halogens is 2. The second-order valence-electron chi connectivity index (χ2n) is 15.5. The van der Waals surface area contributed by atoms with E-state index in [0.717, 1.165) is 21.1 Å². The summed E-state index contributed by atoms with van der Waals surface area (Å²) in [7, 11) is -4.48. The number of aromatic nitrogens is 4. The van der Waals surface area contributed by atoms with Gasteiger partial charge < -0.3 is 19.0 Å². The first kappa shape index (κ1) is 58.1. The summed E-state index contributed by atoms with van der Waals surface area (Å²) in [6.07, 6.45) is 8.49. The van der Waals surface area contributed by atoms with Crippen molar-refractivity contribution in [1.29, 1.82) is 0 Å². The van der Waals surface area contributed by atoms with E-state index in [0.29, 0.717) is 57.9 Å². The first-order valence-electron chi connectivity index (χ1n) is 19.8. The molecule has 348 valence electrons. The van der Waals surface area contributed by atoms with Crippen molar-refractivity contribution in [3.8, 4) is 22.5 Å². The van der Waals surface area contributed by atoms with Crippen LogP contribution in [0.25, 0.3) is 34.7 Å². The van der Waals surface area contributed by atoms with E-state index in [1.54, 1.807) is 24.3 Å². The van der Waals surface area contributed by atoms with Crippen molar-refractivity contribution in [2.45, 2.75) is 78.2 Å². The molecule has 13 nitrogen and oxygen atoms in total. The second-order valence-corrected chi connectivity index (χ2v) is 19.5. The normalized spacial score (nSPS) is 12.6. The van der Waals surface area contributed by atoms with Crippen molar-refractivity contribution in [2.24, 2.45) is 5.92 Å². The van der Waals surface area contributed by atoms with Crippen LogP contribution in [0.15, 0.2) is 60.7 Å². The molecule has 2 atom stereocenters. The Morgan fingerprint density at radius 3 is 1.28 bits per heavy atom. The van der Waals surface area contributed by atoms with Crippen molar-refractivity contribution in [3.05, 3.63) is 109 Å². The SMILES string of the molecule is [CH2-]C[C@H](C)CC(=O)/C=C/c1c(-c2ccc(F)cc2)nc(N(C)S(C)(=O)=O)nc1C(C)C.[CH2-]C[C@H](O)CC(=O)/C=C/c1c(-c2ccc(F)cc2)nc(N(C)S(C)(=O)=O)nc1C(C)C.[W].[W]. The summed E-state index contributed by atoms with van der Waals surface area (Å²) < 4.78 is 77.2. The summed E-state index contributed by atoms with van der Waals surface area (Å²) in [6, 6.07) is 11.3. The van der Waals surface area contributed by atoms with Gasteiger partial charge in [0.05, 0.1) is 35.3 Å². The summed E-state index contributed by atoms with van der Waals surface area (Å²) in [6.45, 7) is 17.0. The van der Waals surface area contributed by atoms with Crippen molar-refractivity contribution in [2.75, 3.05) is 35.2 Å². The third kappa shape index (κ3) is 16.8.